The summed E-state index contributed by atoms with van der Waals surface area (Å²) in [4.78, 5) is 16.3. The molecule has 0 aliphatic carbocycles. The Labute approximate surface area is 163 Å². The highest BCUT2D eigenvalue weighted by Gasteiger charge is 2.12. The van der Waals surface area contributed by atoms with Gasteiger partial charge in [-0.3, -0.25) is 9.78 Å². The van der Waals surface area contributed by atoms with E-state index in [0.717, 1.165) is 22.6 Å². The molecule has 0 spiro atoms. The van der Waals surface area contributed by atoms with Crippen LogP contribution in [0.3, 0.4) is 0 Å². The van der Waals surface area contributed by atoms with Gasteiger partial charge in [-0.2, -0.15) is 0 Å². The minimum absolute atomic E-state index is 0.0924. The number of carbonyl (C=O) groups excluding carboxylic acids is 1. The maximum absolute atomic E-state index is 12.3. The number of nitrogens with zero attached hydrogens (tertiary/aromatic N) is 2. The van der Waals surface area contributed by atoms with Crippen molar-refractivity contribution in [3.63, 3.8) is 0 Å². The molecule has 2 aromatic heterocycles. The van der Waals surface area contributed by atoms with Crippen LogP contribution in [0.4, 0.5) is 5.69 Å². The Morgan fingerprint density at radius 3 is 2.61 bits per heavy atom. The van der Waals surface area contributed by atoms with Crippen LogP contribution >= 0.6 is 0 Å². The molecule has 3 rings (SSSR count). The lowest BCUT2D eigenvalue weighted by Crippen LogP contribution is -2.13. The van der Waals surface area contributed by atoms with Gasteiger partial charge in [0.15, 0.2) is 11.5 Å². The average Bonchev–Trinajstić information content (AvgIpc) is 3.03. The van der Waals surface area contributed by atoms with Gasteiger partial charge in [0.2, 0.25) is 5.91 Å². The quantitative estimate of drug-likeness (QED) is 0.638. The van der Waals surface area contributed by atoms with Crippen LogP contribution in [0.25, 0.3) is 0 Å². The van der Waals surface area contributed by atoms with Crippen molar-refractivity contribution in [2.24, 2.45) is 0 Å². The molecular weight excluding hydrogens is 358 g/mol. The zero-order valence-electron chi connectivity index (χ0n) is 16.2. The number of hydrogen-bond donors (Lipinski definition) is 1. The molecule has 1 N–H and O–H groups in total. The highest BCUT2D eigenvalue weighted by Crippen LogP contribution is 2.31. The van der Waals surface area contributed by atoms with Gasteiger partial charge in [-0.25, -0.2) is 0 Å². The first-order valence-corrected chi connectivity index (χ1v) is 8.98. The summed E-state index contributed by atoms with van der Waals surface area (Å²) in [7, 11) is 1.58. The van der Waals surface area contributed by atoms with Crippen molar-refractivity contribution >= 4 is 11.6 Å². The Morgan fingerprint density at radius 1 is 1.14 bits per heavy atom. The molecule has 3 aromatic rings. The van der Waals surface area contributed by atoms with Gasteiger partial charge in [0.25, 0.3) is 0 Å². The Hall–Kier alpha value is -3.35. The molecule has 0 aliphatic rings. The minimum atomic E-state index is -0.0924. The highest BCUT2D eigenvalue weighted by molar-refractivity contribution is 5.91. The summed E-state index contributed by atoms with van der Waals surface area (Å²) in [6, 6.07) is 9.07. The zero-order chi connectivity index (χ0) is 19.9. The van der Waals surface area contributed by atoms with Crippen LogP contribution in [-0.2, 0) is 17.8 Å². The third-order valence-electron chi connectivity index (χ3n) is 4.37. The lowest BCUT2D eigenvalue weighted by Gasteiger charge is -2.13. The van der Waals surface area contributed by atoms with Gasteiger partial charge in [0, 0.05) is 36.1 Å². The first kappa shape index (κ1) is 19.4. The molecule has 7 heteroatoms. The molecule has 0 aliphatic heterocycles. The number of anilines is 1. The molecule has 0 atom stereocenters. The molecule has 0 bridgehead atoms. The Bertz CT molecular complexity index is 919. The molecule has 146 valence electrons. The number of rotatable bonds is 8. The highest BCUT2D eigenvalue weighted by atomic mass is 16.5. The summed E-state index contributed by atoms with van der Waals surface area (Å²) in [5.74, 6) is 1.82. The summed E-state index contributed by atoms with van der Waals surface area (Å²) < 4.78 is 16.3. The van der Waals surface area contributed by atoms with Gasteiger partial charge in [-0.05, 0) is 50.1 Å². The smallest absolute Gasteiger partial charge is 0.224 e. The van der Waals surface area contributed by atoms with E-state index in [9.17, 15) is 4.79 Å². The fraction of sp³-hybridized carbons (Fsp3) is 0.286. The normalized spacial score (nSPS) is 10.5. The number of hydrogen-bond acceptors (Lipinski definition) is 6. The number of nitrogens with one attached hydrogen (secondary N) is 1. The van der Waals surface area contributed by atoms with Gasteiger partial charge < -0.3 is 19.3 Å². The fourth-order valence-electron chi connectivity index (χ4n) is 2.83. The second kappa shape index (κ2) is 9.03. The summed E-state index contributed by atoms with van der Waals surface area (Å²) in [5, 5.41) is 6.81. The molecule has 1 amide bonds. The van der Waals surface area contributed by atoms with E-state index in [1.165, 1.54) is 0 Å². The molecule has 0 radical (unpaired) electrons. The van der Waals surface area contributed by atoms with Crippen molar-refractivity contribution in [2.45, 2.75) is 33.3 Å². The van der Waals surface area contributed by atoms with Crippen LogP contribution in [0, 0.1) is 13.8 Å². The average molecular weight is 381 g/mol. The lowest BCUT2D eigenvalue weighted by molar-refractivity contribution is -0.116. The lowest BCUT2D eigenvalue weighted by atomic mass is 10.1. The van der Waals surface area contributed by atoms with Gasteiger partial charge in [-0.1, -0.05) is 5.16 Å². The van der Waals surface area contributed by atoms with E-state index >= 15 is 0 Å². The number of benzene rings is 1. The Balaban J connectivity index is 1.62. The van der Waals surface area contributed by atoms with Crippen molar-refractivity contribution in [3.05, 3.63) is 65.3 Å². The van der Waals surface area contributed by atoms with E-state index in [4.69, 9.17) is 14.0 Å². The largest absolute Gasteiger partial charge is 0.493 e. The van der Waals surface area contributed by atoms with Crippen LogP contribution in [0.2, 0.25) is 0 Å². The SMILES string of the molecule is COc1ccc(NC(=O)CCc2c(C)noc2C)cc1OCc1ccncc1. The second-order valence-corrected chi connectivity index (χ2v) is 6.36. The maximum Gasteiger partial charge on any atom is 0.224 e. The number of methoxy groups -OCH3 is 1. The molecule has 1 aromatic carbocycles. The van der Waals surface area contributed by atoms with E-state index in [1.807, 2.05) is 26.0 Å². The van der Waals surface area contributed by atoms with Crippen LogP contribution in [0.15, 0.2) is 47.2 Å². The van der Waals surface area contributed by atoms with E-state index in [1.54, 1.807) is 37.7 Å². The van der Waals surface area contributed by atoms with Crippen LogP contribution in [0.5, 0.6) is 11.5 Å². The number of carbonyl (C=O) groups is 1. The number of ether oxygens (including phenoxy) is 2. The molecule has 0 fully saturated rings. The zero-order valence-corrected chi connectivity index (χ0v) is 16.2. The predicted molar refractivity (Wildman–Crippen MR) is 104 cm³/mol. The molecule has 7 nitrogen and oxygen atoms in total. The molecule has 0 saturated heterocycles. The summed E-state index contributed by atoms with van der Waals surface area (Å²) in [5.41, 5.74) is 3.44. The van der Waals surface area contributed by atoms with Crippen LogP contribution in [0.1, 0.15) is 29.0 Å². The summed E-state index contributed by atoms with van der Waals surface area (Å²) in [6.07, 6.45) is 4.34. The van der Waals surface area contributed by atoms with E-state index in [2.05, 4.69) is 15.5 Å². The van der Waals surface area contributed by atoms with E-state index in [0.29, 0.717) is 36.6 Å². The molecule has 2 heterocycles. The third kappa shape index (κ3) is 4.88. The van der Waals surface area contributed by atoms with Crippen molar-refractivity contribution in [2.75, 3.05) is 12.4 Å². The van der Waals surface area contributed by atoms with Crippen LogP contribution < -0.4 is 14.8 Å². The van der Waals surface area contributed by atoms with Crippen molar-refractivity contribution < 1.29 is 18.8 Å². The van der Waals surface area contributed by atoms with Crippen molar-refractivity contribution in [1.82, 2.24) is 10.1 Å². The molecule has 0 unspecified atom stereocenters. The number of aromatic nitrogens is 2. The predicted octanol–water partition coefficient (Wildman–Crippen LogP) is 3.85. The second-order valence-electron chi connectivity index (χ2n) is 6.36. The number of pyridine rings is 1. The Kier molecular flexibility index (Phi) is 6.26. The van der Waals surface area contributed by atoms with E-state index < -0.39 is 0 Å². The Morgan fingerprint density at radius 2 is 1.93 bits per heavy atom. The first-order valence-electron chi connectivity index (χ1n) is 8.98. The first-order chi connectivity index (χ1) is 13.6. The van der Waals surface area contributed by atoms with Gasteiger partial charge >= 0.3 is 0 Å². The third-order valence-corrected chi connectivity index (χ3v) is 4.37. The molecule has 0 saturated carbocycles. The monoisotopic (exact) mass is 381 g/mol. The van der Waals surface area contributed by atoms with Gasteiger partial charge in [0.1, 0.15) is 12.4 Å². The summed E-state index contributed by atoms with van der Waals surface area (Å²) in [6.45, 7) is 4.10. The summed E-state index contributed by atoms with van der Waals surface area (Å²) >= 11 is 0. The number of amides is 1. The maximum atomic E-state index is 12.3. The number of aryl methyl sites for hydroxylation is 2. The topological polar surface area (TPSA) is 86.5 Å². The van der Waals surface area contributed by atoms with Crippen molar-refractivity contribution in [3.8, 4) is 11.5 Å². The molecular formula is C21H23N3O4. The van der Waals surface area contributed by atoms with Crippen LogP contribution in [-0.4, -0.2) is 23.2 Å². The van der Waals surface area contributed by atoms with Gasteiger partial charge in [0.05, 0.1) is 12.8 Å². The minimum Gasteiger partial charge on any atom is -0.493 e. The standard InChI is InChI=1S/C21H23N3O4/c1-14-18(15(2)28-24-14)5-7-21(25)23-17-4-6-19(26-3)20(12-17)27-13-16-8-10-22-11-9-16/h4,6,8-12H,5,7,13H2,1-3H3,(H,23,25). The van der Waals surface area contributed by atoms with E-state index in [-0.39, 0.29) is 5.91 Å². The van der Waals surface area contributed by atoms with Crippen molar-refractivity contribution in [1.29, 1.82) is 0 Å². The van der Waals surface area contributed by atoms with Gasteiger partial charge in [-0.15, -0.1) is 0 Å². The fourth-order valence-corrected chi connectivity index (χ4v) is 2.83. The molecule has 28 heavy (non-hydrogen) atoms.